The molecule has 4 saturated heterocycles. The minimum absolute atomic E-state index is 0.0888. The van der Waals surface area contributed by atoms with Crippen molar-refractivity contribution in [2.75, 3.05) is 13.2 Å². The fourth-order valence-electron chi connectivity index (χ4n) is 8.03. The molecule has 7 aliphatic rings. The fourth-order valence-corrected chi connectivity index (χ4v) is 8.03. The largest absolute Gasteiger partial charge is 0.462 e. The van der Waals surface area contributed by atoms with E-state index in [1.807, 2.05) is 19.9 Å². The molecule has 4 bridgehead atoms. The second-order valence-corrected chi connectivity index (χ2v) is 12.5. The number of allylic oxidation sites excluding steroid dienone is 2. The minimum Gasteiger partial charge on any atom is -0.462 e. The highest BCUT2D eigenvalue weighted by molar-refractivity contribution is 5.83. The second kappa shape index (κ2) is 8.24. The predicted octanol–water partition coefficient (Wildman–Crippen LogP) is 2.92. The van der Waals surface area contributed by atoms with Gasteiger partial charge < -0.3 is 33.2 Å². The van der Waals surface area contributed by atoms with E-state index in [2.05, 4.69) is 13.8 Å². The number of esters is 2. The number of rotatable bonds is 0. The first-order valence-corrected chi connectivity index (χ1v) is 13.8. The van der Waals surface area contributed by atoms with Crippen LogP contribution in [0.25, 0.3) is 0 Å². The van der Waals surface area contributed by atoms with Crippen molar-refractivity contribution < 1.29 is 42.7 Å². The molecule has 5 aliphatic heterocycles. The summed E-state index contributed by atoms with van der Waals surface area (Å²) in [6, 6.07) is 0. The molecule has 2 spiro atoms. The average molecular weight is 529 g/mol. The van der Waals surface area contributed by atoms with Crippen LogP contribution in [-0.2, 0) is 42.7 Å². The first-order chi connectivity index (χ1) is 18.1. The lowest BCUT2D eigenvalue weighted by atomic mass is 9.50. The number of epoxide rings is 2. The molecule has 7 rings (SSSR count). The predicted molar refractivity (Wildman–Crippen MR) is 132 cm³/mol. The van der Waals surface area contributed by atoms with Crippen molar-refractivity contribution >= 4 is 11.9 Å². The van der Waals surface area contributed by atoms with E-state index in [-0.39, 0.29) is 42.7 Å². The van der Waals surface area contributed by atoms with Crippen molar-refractivity contribution in [1.82, 2.24) is 0 Å². The van der Waals surface area contributed by atoms with Crippen molar-refractivity contribution in [3.8, 4) is 0 Å². The summed E-state index contributed by atoms with van der Waals surface area (Å²) in [5.41, 5.74) is -1.22. The van der Waals surface area contributed by atoms with E-state index in [1.165, 1.54) is 12.2 Å². The monoisotopic (exact) mass is 528 g/mol. The quantitative estimate of drug-likeness (QED) is 0.347. The van der Waals surface area contributed by atoms with Crippen LogP contribution in [0.3, 0.4) is 0 Å². The number of carbonyl (C=O) groups is 2. The Morgan fingerprint density at radius 2 is 1.76 bits per heavy atom. The van der Waals surface area contributed by atoms with Gasteiger partial charge in [-0.25, -0.2) is 9.59 Å². The molecule has 0 aromatic rings. The number of carbonyl (C=O) groups excluding carboxylic acids is 2. The first kappa shape index (κ1) is 25.0. The Labute approximate surface area is 222 Å². The summed E-state index contributed by atoms with van der Waals surface area (Å²) < 4.78 is 43.2. The number of fused-ring (bicyclic) bond motifs is 4. The van der Waals surface area contributed by atoms with E-state index < -0.39 is 40.8 Å². The molecule has 38 heavy (non-hydrogen) atoms. The van der Waals surface area contributed by atoms with Crippen LogP contribution >= 0.6 is 0 Å². The summed E-state index contributed by atoms with van der Waals surface area (Å²) in [7, 11) is 0. The Balaban J connectivity index is 1.26. The summed E-state index contributed by atoms with van der Waals surface area (Å²) in [5.74, 6) is -0.847. The Morgan fingerprint density at radius 1 is 0.947 bits per heavy atom. The molecule has 0 radical (unpaired) electrons. The highest BCUT2D eigenvalue weighted by Gasteiger charge is 2.86. The molecule has 6 fully saturated rings. The van der Waals surface area contributed by atoms with Crippen LogP contribution in [-0.4, -0.2) is 79.3 Å². The van der Waals surface area contributed by atoms with Gasteiger partial charge in [0.1, 0.15) is 30.5 Å². The van der Waals surface area contributed by atoms with E-state index in [9.17, 15) is 9.59 Å². The van der Waals surface area contributed by atoms with Crippen LogP contribution in [0.1, 0.15) is 53.4 Å². The van der Waals surface area contributed by atoms with Gasteiger partial charge in [0, 0.05) is 30.4 Å². The smallest absolute Gasteiger partial charge is 0.331 e. The lowest BCUT2D eigenvalue weighted by Crippen LogP contribution is -2.69. The zero-order valence-corrected chi connectivity index (χ0v) is 22.3. The van der Waals surface area contributed by atoms with Crippen LogP contribution < -0.4 is 0 Å². The minimum atomic E-state index is -0.630. The Kier molecular flexibility index (Phi) is 5.41. The van der Waals surface area contributed by atoms with Gasteiger partial charge in [-0.05, 0) is 33.6 Å². The third-order valence-corrected chi connectivity index (χ3v) is 10.5. The third-order valence-electron chi connectivity index (χ3n) is 10.5. The van der Waals surface area contributed by atoms with Crippen molar-refractivity contribution in [3.63, 3.8) is 0 Å². The van der Waals surface area contributed by atoms with E-state index in [1.54, 1.807) is 12.2 Å². The van der Waals surface area contributed by atoms with Crippen LogP contribution in [0.2, 0.25) is 0 Å². The molecule has 0 amide bonds. The molecule has 9 nitrogen and oxygen atoms in total. The number of hydrogen-bond donors (Lipinski definition) is 0. The molecule has 9 heteroatoms. The standard InChI is InChI=1S/C29H36O9/c1-16-11-22(31)32-14-28-10-9-26(3)24(38-26)25(28)37-20-13-19(27(28,4)29(20)15-33-29)36-21(30)8-6-5-7-18-17(2)34-23(12-16)35-18/h5-8,11,17-20,23-25H,9-10,12-15H2,1-4H3/b7-5+,8-6-,16-11+/t17-,18-,19-,20-,23-,24+,25-,26+,27-,28-,29+/m1/s1. The van der Waals surface area contributed by atoms with E-state index in [4.69, 9.17) is 33.2 Å². The Morgan fingerprint density at radius 3 is 2.55 bits per heavy atom. The number of hydrogen-bond acceptors (Lipinski definition) is 9. The maximum atomic E-state index is 13.1. The highest BCUT2D eigenvalue weighted by atomic mass is 16.7. The molecule has 2 saturated carbocycles. The first-order valence-electron chi connectivity index (χ1n) is 13.8. The summed E-state index contributed by atoms with van der Waals surface area (Å²) in [6.07, 6.45) is 8.88. The van der Waals surface area contributed by atoms with Gasteiger partial charge in [0.15, 0.2) is 6.29 Å². The zero-order chi connectivity index (χ0) is 26.5. The zero-order valence-electron chi connectivity index (χ0n) is 22.3. The average Bonchev–Trinajstić information content (AvgIpc) is 3.74. The normalized spacial score (nSPS) is 56.3. The van der Waals surface area contributed by atoms with Crippen molar-refractivity contribution in [2.24, 2.45) is 10.8 Å². The fraction of sp³-hybridized carbons (Fsp3) is 0.724. The van der Waals surface area contributed by atoms with Crippen molar-refractivity contribution in [1.29, 1.82) is 0 Å². The molecule has 5 heterocycles. The van der Waals surface area contributed by atoms with Gasteiger partial charge in [-0.15, -0.1) is 0 Å². The van der Waals surface area contributed by atoms with Crippen LogP contribution in [0.4, 0.5) is 0 Å². The summed E-state index contributed by atoms with van der Waals surface area (Å²) in [5, 5.41) is 0. The molecule has 11 atom stereocenters. The highest BCUT2D eigenvalue weighted by Crippen LogP contribution is 2.75. The summed E-state index contributed by atoms with van der Waals surface area (Å²) >= 11 is 0. The molecule has 0 unspecified atom stereocenters. The van der Waals surface area contributed by atoms with Crippen LogP contribution in [0.15, 0.2) is 36.0 Å². The Bertz CT molecular complexity index is 1140. The van der Waals surface area contributed by atoms with Gasteiger partial charge in [0.2, 0.25) is 0 Å². The van der Waals surface area contributed by atoms with E-state index in [0.717, 1.165) is 12.0 Å². The molecule has 2 aliphatic carbocycles. The molecule has 0 N–H and O–H groups in total. The molecule has 0 aromatic carbocycles. The van der Waals surface area contributed by atoms with Crippen molar-refractivity contribution in [2.45, 2.75) is 107 Å². The lowest BCUT2D eigenvalue weighted by molar-refractivity contribution is -0.250. The van der Waals surface area contributed by atoms with Crippen molar-refractivity contribution in [3.05, 3.63) is 36.0 Å². The number of cyclic esters (lactones) is 1. The van der Waals surface area contributed by atoms with Crippen LogP contribution in [0.5, 0.6) is 0 Å². The van der Waals surface area contributed by atoms with Gasteiger partial charge in [0.05, 0.1) is 35.9 Å². The van der Waals surface area contributed by atoms with E-state index in [0.29, 0.717) is 25.9 Å². The van der Waals surface area contributed by atoms with Gasteiger partial charge in [-0.3, -0.25) is 0 Å². The Hall–Kier alpha value is -2.04. The maximum absolute atomic E-state index is 13.1. The van der Waals surface area contributed by atoms with Gasteiger partial charge in [0.25, 0.3) is 0 Å². The lowest BCUT2D eigenvalue weighted by Gasteiger charge is -2.58. The molecule has 206 valence electrons. The topological polar surface area (TPSA) is 105 Å². The van der Waals surface area contributed by atoms with Gasteiger partial charge in [-0.1, -0.05) is 30.7 Å². The number of ether oxygens (including phenoxy) is 7. The second-order valence-electron chi connectivity index (χ2n) is 12.5. The molecular formula is C29H36O9. The SMILES string of the molecule is C/C1=C\C(=O)OC[C@]23CC[C@]4(C)O[C@H]4[C@H]2O[C@@H]2C[C@@H](OC(=O)/C=C\C=C\[C@H]4O[C@H](C1)O[C@@H]4C)[C@@]3(C)[C@]21CO1. The molecular weight excluding hydrogens is 492 g/mol. The molecule has 0 aromatic heterocycles. The van der Waals surface area contributed by atoms with Crippen LogP contribution in [0, 0.1) is 10.8 Å². The maximum Gasteiger partial charge on any atom is 0.331 e. The summed E-state index contributed by atoms with van der Waals surface area (Å²) in [4.78, 5) is 26.1. The van der Waals surface area contributed by atoms with Gasteiger partial charge >= 0.3 is 11.9 Å². The third kappa shape index (κ3) is 3.41. The van der Waals surface area contributed by atoms with Gasteiger partial charge in [-0.2, -0.15) is 0 Å². The summed E-state index contributed by atoms with van der Waals surface area (Å²) in [6.45, 7) is 8.74. The van der Waals surface area contributed by atoms with E-state index >= 15 is 0 Å².